The van der Waals surface area contributed by atoms with Crippen molar-refractivity contribution < 1.29 is 9.53 Å². The molecule has 7 nitrogen and oxygen atoms in total. The molecule has 0 spiro atoms. The van der Waals surface area contributed by atoms with Crippen LogP contribution in [0.15, 0.2) is 30.7 Å². The van der Waals surface area contributed by atoms with Crippen LogP contribution in [0.5, 0.6) is 0 Å². The quantitative estimate of drug-likeness (QED) is 0.776. The van der Waals surface area contributed by atoms with Gasteiger partial charge in [-0.15, -0.1) is 0 Å². The molecule has 1 unspecified atom stereocenters. The molecular weight excluding hydrogens is 378 g/mol. The lowest BCUT2D eigenvalue weighted by Gasteiger charge is -2.35. The molecule has 0 bridgehead atoms. The minimum atomic E-state index is 0.0681. The van der Waals surface area contributed by atoms with Crippen LogP contribution in [0.4, 0.5) is 5.95 Å². The summed E-state index contributed by atoms with van der Waals surface area (Å²) in [6.45, 7) is 7.21. The Balaban J connectivity index is 1.36. The van der Waals surface area contributed by atoms with E-state index < -0.39 is 0 Å². The van der Waals surface area contributed by atoms with E-state index in [1.807, 2.05) is 17.2 Å². The number of pyridine rings is 1. The first kappa shape index (κ1) is 19.4. The maximum atomic E-state index is 13.4. The molecular formula is C23H29N5O2. The van der Waals surface area contributed by atoms with Gasteiger partial charge in [0.25, 0.3) is 5.91 Å². The fraction of sp³-hybridized carbons (Fsp3) is 0.565. The summed E-state index contributed by atoms with van der Waals surface area (Å²) in [6.07, 6.45) is 8.94. The fourth-order valence-electron chi connectivity index (χ4n) is 4.72. The van der Waals surface area contributed by atoms with Gasteiger partial charge in [-0.2, -0.15) is 0 Å². The van der Waals surface area contributed by atoms with E-state index in [4.69, 9.17) is 9.72 Å². The molecule has 2 aliphatic heterocycles. The minimum Gasteiger partial charge on any atom is -0.372 e. The lowest BCUT2D eigenvalue weighted by atomic mass is 10.0. The van der Waals surface area contributed by atoms with Gasteiger partial charge in [0.05, 0.1) is 23.5 Å². The van der Waals surface area contributed by atoms with Crippen molar-refractivity contribution in [2.75, 3.05) is 31.1 Å². The Labute approximate surface area is 177 Å². The number of amides is 1. The molecule has 3 aliphatic rings. The first-order chi connectivity index (χ1) is 14.6. The van der Waals surface area contributed by atoms with Crippen LogP contribution in [0.3, 0.4) is 0 Å². The molecule has 7 heteroatoms. The average molecular weight is 408 g/mol. The topological polar surface area (TPSA) is 71.5 Å². The third-order valence-corrected chi connectivity index (χ3v) is 6.33. The molecule has 158 valence electrons. The van der Waals surface area contributed by atoms with Crippen LogP contribution in [-0.4, -0.2) is 64.1 Å². The molecule has 1 saturated carbocycles. The van der Waals surface area contributed by atoms with Crippen molar-refractivity contribution in [3.05, 3.63) is 47.5 Å². The molecule has 1 amide bonds. The molecule has 3 fully saturated rings. The van der Waals surface area contributed by atoms with Crippen molar-refractivity contribution in [2.24, 2.45) is 0 Å². The van der Waals surface area contributed by atoms with E-state index >= 15 is 0 Å². The molecule has 2 aromatic heterocycles. The number of likely N-dealkylation sites (tertiary alicyclic amines) is 1. The predicted molar refractivity (Wildman–Crippen MR) is 114 cm³/mol. The number of carbonyl (C=O) groups is 1. The van der Waals surface area contributed by atoms with Crippen LogP contribution in [0.25, 0.3) is 0 Å². The third kappa shape index (κ3) is 3.90. The summed E-state index contributed by atoms with van der Waals surface area (Å²) in [6, 6.07) is 4.06. The zero-order valence-corrected chi connectivity index (χ0v) is 17.7. The molecule has 2 saturated heterocycles. The monoisotopic (exact) mass is 407 g/mol. The Morgan fingerprint density at radius 2 is 1.87 bits per heavy atom. The van der Waals surface area contributed by atoms with E-state index in [0.29, 0.717) is 17.4 Å². The van der Waals surface area contributed by atoms with Crippen molar-refractivity contribution in [2.45, 2.75) is 57.2 Å². The van der Waals surface area contributed by atoms with Crippen LogP contribution < -0.4 is 4.90 Å². The van der Waals surface area contributed by atoms with Gasteiger partial charge >= 0.3 is 0 Å². The van der Waals surface area contributed by atoms with E-state index in [9.17, 15) is 4.79 Å². The van der Waals surface area contributed by atoms with E-state index in [2.05, 4.69) is 34.8 Å². The standard InChI is InChI=1S/C23H29N5O2/c1-15-12-28(13-16(2)30-15)23-25-11-20(21(26-23)17-5-6-17)22(29)27-9-7-19(14-27)18-4-3-8-24-10-18/h3-4,8,10-11,15-17,19H,5-7,9,12-14H2,1-2H3/t15-,16+,19?. The molecule has 0 radical (unpaired) electrons. The van der Waals surface area contributed by atoms with Crippen LogP contribution in [0, 0.1) is 0 Å². The van der Waals surface area contributed by atoms with Crippen LogP contribution in [0.2, 0.25) is 0 Å². The highest BCUT2D eigenvalue weighted by molar-refractivity contribution is 5.95. The van der Waals surface area contributed by atoms with Gasteiger partial charge in [0.2, 0.25) is 5.95 Å². The summed E-state index contributed by atoms with van der Waals surface area (Å²) < 4.78 is 5.84. The molecule has 0 N–H and O–H groups in total. The molecule has 1 aliphatic carbocycles. The second-order valence-corrected chi connectivity index (χ2v) is 8.93. The van der Waals surface area contributed by atoms with Gasteiger partial charge in [-0.05, 0) is 44.7 Å². The van der Waals surface area contributed by atoms with Gasteiger partial charge in [0.1, 0.15) is 0 Å². The molecule has 5 rings (SSSR count). The van der Waals surface area contributed by atoms with Crippen molar-refractivity contribution in [3.8, 4) is 0 Å². The van der Waals surface area contributed by atoms with Crippen molar-refractivity contribution in [1.82, 2.24) is 19.9 Å². The molecule has 30 heavy (non-hydrogen) atoms. The van der Waals surface area contributed by atoms with E-state index in [-0.39, 0.29) is 18.1 Å². The van der Waals surface area contributed by atoms with Gasteiger partial charge in [0.15, 0.2) is 0 Å². The van der Waals surface area contributed by atoms with Gasteiger partial charge in [-0.3, -0.25) is 9.78 Å². The number of hydrogen-bond donors (Lipinski definition) is 0. The Kier molecular flexibility index (Phi) is 5.15. The Morgan fingerprint density at radius 3 is 2.57 bits per heavy atom. The summed E-state index contributed by atoms with van der Waals surface area (Å²) in [5.41, 5.74) is 2.82. The van der Waals surface area contributed by atoms with Gasteiger partial charge in [0, 0.05) is 56.6 Å². The van der Waals surface area contributed by atoms with Crippen molar-refractivity contribution in [3.63, 3.8) is 0 Å². The largest absolute Gasteiger partial charge is 0.372 e. The van der Waals surface area contributed by atoms with Gasteiger partial charge < -0.3 is 14.5 Å². The molecule has 0 aromatic carbocycles. The normalized spacial score (nSPS) is 26.8. The number of ether oxygens (including phenoxy) is 1. The van der Waals surface area contributed by atoms with Gasteiger partial charge in [-0.25, -0.2) is 9.97 Å². The first-order valence-electron chi connectivity index (χ1n) is 11.0. The Hall–Kier alpha value is -2.54. The summed E-state index contributed by atoms with van der Waals surface area (Å²) in [5, 5.41) is 0. The molecule has 3 atom stereocenters. The maximum Gasteiger partial charge on any atom is 0.257 e. The lowest BCUT2D eigenvalue weighted by Crippen LogP contribution is -2.46. The smallest absolute Gasteiger partial charge is 0.257 e. The predicted octanol–water partition coefficient (Wildman–Crippen LogP) is 2.99. The molecule has 2 aromatic rings. The van der Waals surface area contributed by atoms with Crippen LogP contribution in [-0.2, 0) is 4.74 Å². The highest BCUT2D eigenvalue weighted by Crippen LogP contribution is 2.41. The second-order valence-electron chi connectivity index (χ2n) is 8.93. The van der Waals surface area contributed by atoms with Crippen LogP contribution in [0.1, 0.15) is 66.6 Å². The van der Waals surface area contributed by atoms with Gasteiger partial charge in [-0.1, -0.05) is 6.07 Å². The first-order valence-corrected chi connectivity index (χ1v) is 11.0. The maximum absolute atomic E-state index is 13.4. The van der Waals surface area contributed by atoms with Crippen molar-refractivity contribution >= 4 is 11.9 Å². The number of morpholine rings is 1. The highest BCUT2D eigenvalue weighted by atomic mass is 16.5. The Bertz CT molecular complexity index is 907. The fourth-order valence-corrected chi connectivity index (χ4v) is 4.72. The summed E-state index contributed by atoms with van der Waals surface area (Å²) in [5.74, 6) is 1.53. The number of anilines is 1. The summed E-state index contributed by atoms with van der Waals surface area (Å²) in [4.78, 5) is 31.3. The third-order valence-electron chi connectivity index (χ3n) is 6.33. The highest BCUT2D eigenvalue weighted by Gasteiger charge is 2.35. The van der Waals surface area contributed by atoms with E-state index in [1.54, 1.807) is 12.4 Å². The van der Waals surface area contributed by atoms with Crippen LogP contribution >= 0.6 is 0 Å². The summed E-state index contributed by atoms with van der Waals surface area (Å²) in [7, 11) is 0. The number of hydrogen-bond acceptors (Lipinski definition) is 6. The van der Waals surface area contributed by atoms with Crippen molar-refractivity contribution in [1.29, 1.82) is 0 Å². The zero-order valence-electron chi connectivity index (χ0n) is 17.7. The zero-order chi connectivity index (χ0) is 20.7. The SMILES string of the molecule is C[C@@H]1CN(c2ncc(C(=O)N3CCC(c4cccnc4)C3)c(C3CC3)n2)C[C@H](C)O1. The van der Waals surface area contributed by atoms with E-state index in [1.165, 1.54) is 5.56 Å². The number of nitrogens with zero attached hydrogens (tertiary/aromatic N) is 5. The lowest BCUT2D eigenvalue weighted by molar-refractivity contribution is -0.00574. The van der Waals surface area contributed by atoms with E-state index in [0.717, 1.165) is 57.1 Å². The number of aromatic nitrogens is 3. The minimum absolute atomic E-state index is 0.0681. The second kappa shape index (κ2) is 7.95. The number of rotatable bonds is 4. The summed E-state index contributed by atoms with van der Waals surface area (Å²) >= 11 is 0. The molecule has 4 heterocycles. The average Bonchev–Trinajstić information content (AvgIpc) is 3.49. The Morgan fingerprint density at radius 1 is 1.07 bits per heavy atom. The number of carbonyl (C=O) groups excluding carboxylic acids is 1.